The van der Waals surface area contributed by atoms with Gasteiger partial charge in [0.25, 0.3) is 0 Å². The first-order chi connectivity index (χ1) is 9.35. The van der Waals surface area contributed by atoms with E-state index >= 15 is 0 Å². The van der Waals surface area contributed by atoms with Crippen molar-refractivity contribution < 1.29 is 9.53 Å². The molecule has 0 radical (unpaired) electrons. The summed E-state index contributed by atoms with van der Waals surface area (Å²) in [7, 11) is 0. The van der Waals surface area contributed by atoms with Gasteiger partial charge in [-0.1, -0.05) is 29.8 Å². The molecule has 20 heavy (non-hydrogen) atoms. The van der Waals surface area contributed by atoms with Gasteiger partial charge in [-0.05, 0) is 46.2 Å². The fourth-order valence-corrected chi connectivity index (χ4v) is 2.53. The van der Waals surface area contributed by atoms with Crippen molar-refractivity contribution in [1.29, 1.82) is 0 Å². The third-order valence-electron chi connectivity index (χ3n) is 3.33. The van der Waals surface area contributed by atoms with E-state index in [0.29, 0.717) is 0 Å². The zero-order chi connectivity index (χ0) is 14.8. The van der Waals surface area contributed by atoms with Gasteiger partial charge in [-0.25, -0.2) is 4.79 Å². The highest BCUT2D eigenvalue weighted by molar-refractivity contribution is 5.68. The molecular formula is C16H24N2O2. The van der Waals surface area contributed by atoms with E-state index in [2.05, 4.69) is 41.8 Å². The number of alkyl carbamates (subject to hydrolysis) is 1. The largest absolute Gasteiger partial charge is 0.444 e. The molecule has 1 fully saturated rings. The number of hydrogen-bond acceptors (Lipinski definition) is 3. The number of ether oxygens (including phenoxy) is 1. The first-order valence-electron chi connectivity index (χ1n) is 7.14. The van der Waals surface area contributed by atoms with Crippen molar-refractivity contribution in [3.8, 4) is 0 Å². The van der Waals surface area contributed by atoms with Crippen LogP contribution in [0, 0.1) is 6.92 Å². The number of hydrogen-bond donors (Lipinski definition) is 2. The van der Waals surface area contributed by atoms with E-state index in [4.69, 9.17) is 4.74 Å². The molecule has 1 aliphatic rings. The van der Waals surface area contributed by atoms with Crippen LogP contribution in [0.25, 0.3) is 0 Å². The number of aryl methyl sites for hydroxylation is 1. The average Bonchev–Trinajstić information content (AvgIpc) is 2.74. The minimum Gasteiger partial charge on any atom is -0.444 e. The maximum absolute atomic E-state index is 11.9. The van der Waals surface area contributed by atoms with Crippen LogP contribution in [0.2, 0.25) is 0 Å². The van der Waals surface area contributed by atoms with Crippen molar-refractivity contribution in [2.24, 2.45) is 0 Å². The quantitative estimate of drug-likeness (QED) is 0.873. The number of carbonyl (C=O) groups is 1. The summed E-state index contributed by atoms with van der Waals surface area (Å²) in [4.78, 5) is 11.9. The second kappa shape index (κ2) is 5.83. The smallest absolute Gasteiger partial charge is 0.407 e. The second-order valence-electron chi connectivity index (χ2n) is 6.39. The van der Waals surface area contributed by atoms with E-state index in [1.165, 1.54) is 11.1 Å². The third-order valence-corrected chi connectivity index (χ3v) is 3.33. The van der Waals surface area contributed by atoms with E-state index in [9.17, 15) is 4.79 Å². The Morgan fingerprint density at radius 1 is 1.40 bits per heavy atom. The molecule has 110 valence electrons. The zero-order valence-corrected chi connectivity index (χ0v) is 12.7. The van der Waals surface area contributed by atoms with Gasteiger partial charge in [0.1, 0.15) is 5.60 Å². The molecule has 2 rings (SSSR count). The van der Waals surface area contributed by atoms with Gasteiger partial charge in [0.05, 0.1) is 12.1 Å². The van der Waals surface area contributed by atoms with Crippen LogP contribution >= 0.6 is 0 Å². The summed E-state index contributed by atoms with van der Waals surface area (Å²) in [6.45, 7) is 8.60. The molecule has 2 atom stereocenters. The van der Waals surface area contributed by atoms with E-state index in [-0.39, 0.29) is 18.2 Å². The summed E-state index contributed by atoms with van der Waals surface area (Å²) < 4.78 is 5.33. The van der Waals surface area contributed by atoms with Crippen molar-refractivity contribution in [3.63, 3.8) is 0 Å². The van der Waals surface area contributed by atoms with Crippen molar-refractivity contribution in [1.82, 2.24) is 10.6 Å². The van der Waals surface area contributed by atoms with Crippen LogP contribution in [-0.4, -0.2) is 24.3 Å². The maximum Gasteiger partial charge on any atom is 0.407 e. The first-order valence-corrected chi connectivity index (χ1v) is 7.14. The highest BCUT2D eigenvalue weighted by atomic mass is 16.6. The number of rotatable bonds is 2. The van der Waals surface area contributed by atoms with Gasteiger partial charge in [-0.2, -0.15) is 0 Å². The summed E-state index contributed by atoms with van der Waals surface area (Å²) >= 11 is 0. The minimum absolute atomic E-state index is 0.0756. The van der Waals surface area contributed by atoms with Crippen LogP contribution in [0.3, 0.4) is 0 Å². The number of amides is 1. The molecule has 0 saturated carbocycles. The zero-order valence-electron chi connectivity index (χ0n) is 12.7. The summed E-state index contributed by atoms with van der Waals surface area (Å²) in [5.41, 5.74) is 1.98. The summed E-state index contributed by atoms with van der Waals surface area (Å²) in [5.74, 6) is 0. The van der Waals surface area contributed by atoms with Crippen LogP contribution in [0.15, 0.2) is 24.3 Å². The van der Waals surface area contributed by atoms with Gasteiger partial charge < -0.3 is 15.4 Å². The molecule has 1 aliphatic heterocycles. The SMILES string of the molecule is Cc1cccc(C2NCCC2NC(=O)OC(C)(C)C)c1. The van der Waals surface area contributed by atoms with Crippen molar-refractivity contribution in [3.05, 3.63) is 35.4 Å². The Kier molecular flexibility index (Phi) is 4.33. The lowest BCUT2D eigenvalue weighted by atomic mass is 9.99. The molecule has 2 N–H and O–H groups in total. The van der Waals surface area contributed by atoms with Crippen molar-refractivity contribution in [2.75, 3.05) is 6.54 Å². The number of nitrogens with one attached hydrogen (secondary N) is 2. The van der Waals surface area contributed by atoms with Gasteiger partial charge in [0.15, 0.2) is 0 Å². The van der Waals surface area contributed by atoms with Gasteiger partial charge in [-0.3, -0.25) is 0 Å². The molecule has 0 aromatic heterocycles. The topological polar surface area (TPSA) is 50.4 Å². The third kappa shape index (κ3) is 3.97. The number of carbonyl (C=O) groups excluding carboxylic acids is 1. The molecule has 1 amide bonds. The van der Waals surface area contributed by atoms with E-state index in [0.717, 1.165) is 13.0 Å². The van der Waals surface area contributed by atoms with Crippen LogP contribution in [0.1, 0.15) is 44.4 Å². The molecule has 0 bridgehead atoms. The summed E-state index contributed by atoms with van der Waals surface area (Å²) in [5, 5.41) is 6.43. The molecule has 0 spiro atoms. The average molecular weight is 276 g/mol. The summed E-state index contributed by atoms with van der Waals surface area (Å²) in [6.07, 6.45) is 0.571. The van der Waals surface area contributed by atoms with Gasteiger partial charge in [0, 0.05) is 0 Å². The Balaban J connectivity index is 2.03. The Labute approximate surface area is 120 Å². The van der Waals surface area contributed by atoms with E-state index < -0.39 is 5.60 Å². The molecule has 4 heteroatoms. The predicted molar refractivity (Wildman–Crippen MR) is 79.7 cm³/mol. The van der Waals surface area contributed by atoms with Crippen LogP contribution in [0.5, 0.6) is 0 Å². The van der Waals surface area contributed by atoms with E-state index in [1.807, 2.05) is 20.8 Å². The number of benzene rings is 1. The maximum atomic E-state index is 11.9. The molecule has 2 unspecified atom stereocenters. The minimum atomic E-state index is -0.463. The monoisotopic (exact) mass is 276 g/mol. The van der Waals surface area contributed by atoms with Crippen molar-refractivity contribution >= 4 is 6.09 Å². The summed E-state index contributed by atoms with van der Waals surface area (Å²) in [6, 6.07) is 8.62. The van der Waals surface area contributed by atoms with Crippen LogP contribution in [0.4, 0.5) is 4.79 Å². The molecule has 4 nitrogen and oxygen atoms in total. The van der Waals surface area contributed by atoms with Gasteiger partial charge in [-0.15, -0.1) is 0 Å². The highest BCUT2D eigenvalue weighted by Gasteiger charge is 2.30. The molecular weight excluding hydrogens is 252 g/mol. The fraction of sp³-hybridized carbons (Fsp3) is 0.562. The van der Waals surface area contributed by atoms with E-state index in [1.54, 1.807) is 0 Å². The Morgan fingerprint density at radius 3 is 2.80 bits per heavy atom. The normalized spacial score (nSPS) is 22.6. The Hall–Kier alpha value is -1.55. The van der Waals surface area contributed by atoms with Crippen LogP contribution < -0.4 is 10.6 Å². The van der Waals surface area contributed by atoms with Crippen molar-refractivity contribution in [2.45, 2.75) is 51.8 Å². The molecule has 1 aromatic rings. The lowest BCUT2D eigenvalue weighted by Gasteiger charge is -2.25. The molecule has 0 aliphatic carbocycles. The molecule has 1 heterocycles. The van der Waals surface area contributed by atoms with Crippen LogP contribution in [-0.2, 0) is 4.74 Å². The lowest BCUT2D eigenvalue weighted by molar-refractivity contribution is 0.0500. The fourth-order valence-electron chi connectivity index (χ4n) is 2.53. The molecule has 1 saturated heterocycles. The highest BCUT2D eigenvalue weighted by Crippen LogP contribution is 2.24. The van der Waals surface area contributed by atoms with Gasteiger partial charge in [0.2, 0.25) is 0 Å². The predicted octanol–water partition coefficient (Wildman–Crippen LogP) is 2.92. The first kappa shape index (κ1) is 14.9. The van der Waals surface area contributed by atoms with Gasteiger partial charge >= 0.3 is 6.09 Å². The Bertz CT molecular complexity index is 480. The lowest BCUT2D eigenvalue weighted by Crippen LogP contribution is -2.41. The molecule has 1 aromatic carbocycles. The standard InChI is InChI=1S/C16H24N2O2/c1-11-6-5-7-12(10-11)14-13(8-9-17-14)18-15(19)20-16(2,3)4/h5-7,10,13-14,17H,8-9H2,1-4H3,(H,18,19). The Morgan fingerprint density at radius 2 is 2.15 bits per heavy atom. The second-order valence-corrected chi connectivity index (χ2v) is 6.39.